The Morgan fingerprint density at radius 2 is 2.15 bits per heavy atom. The fourth-order valence-electron chi connectivity index (χ4n) is 2.69. The Labute approximate surface area is 120 Å². The largest absolute Gasteiger partial charge is 0.409 e. The molecule has 0 heterocycles. The van der Waals surface area contributed by atoms with Gasteiger partial charge in [-0.1, -0.05) is 24.4 Å². The highest BCUT2D eigenvalue weighted by Gasteiger charge is 2.28. The molecule has 0 bridgehead atoms. The predicted octanol–water partition coefficient (Wildman–Crippen LogP) is 1.61. The second-order valence-electron chi connectivity index (χ2n) is 5.27. The third-order valence-corrected chi connectivity index (χ3v) is 3.77. The van der Waals surface area contributed by atoms with E-state index in [1.165, 1.54) is 6.42 Å². The maximum absolute atomic E-state index is 11.9. The minimum atomic E-state index is -0.347. The molecule has 0 radical (unpaired) electrons. The van der Waals surface area contributed by atoms with Gasteiger partial charge in [0.05, 0.1) is 6.04 Å². The van der Waals surface area contributed by atoms with E-state index in [0.717, 1.165) is 25.7 Å². The van der Waals surface area contributed by atoms with E-state index in [0.29, 0.717) is 26.1 Å². The summed E-state index contributed by atoms with van der Waals surface area (Å²) in [5.74, 6) is 0.317. The van der Waals surface area contributed by atoms with Crippen LogP contribution in [-0.4, -0.2) is 36.2 Å². The van der Waals surface area contributed by atoms with E-state index in [1.807, 2.05) is 6.92 Å². The molecule has 1 fully saturated rings. The van der Waals surface area contributed by atoms with Crippen molar-refractivity contribution in [3.63, 3.8) is 0 Å². The lowest BCUT2D eigenvalue weighted by Crippen LogP contribution is -2.49. The minimum absolute atomic E-state index is 0.0631. The summed E-state index contributed by atoms with van der Waals surface area (Å²) >= 11 is 0. The highest BCUT2D eigenvalue weighted by atomic mass is 16.5. The topological polar surface area (TPSA) is 96.9 Å². The van der Waals surface area contributed by atoms with Crippen LogP contribution in [0.25, 0.3) is 0 Å². The second-order valence-corrected chi connectivity index (χ2v) is 5.27. The van der Waals surface area contributed by atoms with Gasteiger partial charge in [-0.25, -0.2) is 0 Å². The summed E-state index contributed by atoms with van der Waals surface area (Å²) in [5, 5.41) is 14.9. The van der Waals surface area contributed by atoms with E-state index in [4.69, 9.17) is 15.7 Å². The van der Waals surface area contributed by atoms with Gasteiger partial charge in [-0.2, -0.15) is 0 Å². The van der Waals surface area contributed by atoms with Crippen molar-refractivity contribution in [1.82, 2.24) is 5.32 Å². The van der Waals surface area contributed by atoms with Crippen LogP contribution in [0, 0.1) is 5.92 Å². The fraction of sp³-hybridized carbons (Fsp3) is 0.857. The zero-order valence-corrected chi connectivity index (χ0v) is 12.3. The van der Waals surface area contributed by atoms with E-state index in [-0.39, 0.29) is 23.7 Å². The van der Waals surface area contributed by atoms with Crippen LogP contribution in [-0.2, 0) is 9.53 Å². The molecule has 1 unspecified atom stereocenters. The molecule has 0 saturated heterocycles. The Morgan fingerprint density at radius 3 is 2.75 bits per heavy atom. The van der Waals surface area contributed by atoms with Crippen LogP contribution < -0.4 is 11.1 Å². The highest BCUT2D eigenvalue weighted by Crippen LogP contribution is 2.26. The molecule has 1 aliphatic carbocycles. The Morgan fingerprint density at radius 1 is 1.45 bits per heavy atom. The lowest BCUT2D eigenvalue weighted by atomic mass is 9.83. The van der Waals surface area contributed by atoms with Gasteiger partial charge in [0.2, 0.25) is 5.91 Å². The summed E-state index contributed by atoms with van der Waals surface area (Å²) < 4.78 is 5.21. The molecule has 0 spiro atoms. The third kappa shape index (κ3) is 5.77. The van der Waals surface area contributed by atoms with Crippen LogP contribution in [0.4, 0.5) is 0 Å². The van der Waals surface area contributed by atoms with Crippen LogP contribution in [0.15, 0.2) is 5.16 Å². The third-order valence-electron chi connectivity index (χ3n) is 3.77. The molecule has 1 atom stereocenters. The first-order valence-corrected chi connectivity index (χ1v) is 7.53. The van der Waals surface area contributed by atoms with Gasteiger partial charge in [0.15, 0.2) is 5.84 Å². The first-order chi connectivity index (χ1) is 9.69. The molecule has 0 aromatic carbocycles. The van der Waals surface area contributed by atoms with Crippen molar-refractivity contribution in [2.45, 2.75) is 57.9 Å². The van der Waals surface area contributed by atoms with Gasteiger partial charge in [-0.3, -0.25) is 4.79 Å². The lowest BCUT2D eigenvalue weighted by Gasteiger charge is -2.30. The summed E-state index contributed by atoms with van der Waals surface area (Å²) in [5.41, 5.74) is 5.73. The number of nitrogens with zero attached hydrogens (tertiary/aromatic N) is 1. The van der Waals surface area contributed by atoms with Gasteiger partial charge in [0.25, 0.3) is 0 Å². The molecule has 1 rings (SSSR count). The number of nitrogens with one attached hydrogen (secondary N) is 1. The van der Waals surface area contributed by atoms with Gasteiger partial charge >= 0.3 is 0 Å². The van der Waals surface area contributed by atoms with E-state index in [2.05, 4.69) is 10.5 Å². The number of rotatable bonds is 8. The summed E-state index contributed by atoms with van der Waals surface area (Å²) in [6, 6.07) is -0.347. The van der Waals surface area contributed by atoms with Crippen molar-refractivity contribution in [2.24, 2.45) is 16.8 Å². The summed E-state index contributed by atoms with van der Waals surface area (Å²) in [7, 11) is 0. The van der Waals surface area contributed by atoms with Crippen LogP contribution >= 0.6 is 0 Å². The Kier molecular flexibility index (Phi) is 8.02. The van der Waals surface area contributed by atoms with E-state index in [9.17, 15) is 4.79 Å². The first kappa shape index (κ1) is 16.8. The Bertz CT molecular complexity index is 315. The molecular formula is C14H27N3O3. The van der Waals surface area contributed by atoms with Gasteiger partial charge in [-0.15, -0.1) is 0 Å². The van der Waals surface area contributed by atoms with Crippen molar-refractivity contribution in [3.05, 3.63) is 0 Å². The lowest BCUT2D eigenvalue weighted by molar-refractivity contribution is -0.122. The zero-order chi connectivity index (χ0) is 14.8. The quantitative estimate of drug-likeness (QED) is 0.207. The molecular weight excluding hydrogens is 258 g/mol. The van der Waals surface area contributed by atoms with E-state index >= 15 is 0 Å². The maximum Gasteiger partial charge on any atom is 0.220 e. The number of ether oxygens (including phenoxy) is 1. The molecule has 1 aliphatic rings. The van der Waals surface area contributed by atoms with Gasteiger partial charge in [-0.05, 0) is 32.1 Å². The van der Waals surface area contributed by atoms with Crippen LogP contribution in [0.3, 0.4) is 0 Å². The van der Waals surface area contributed by atoms with Crippen molar-refractivity contribution >= 4 is 11.7 Å². The number of nitrogens with two attached hydrogens (primary N) is 1. The van der Waals surface area contributed by atoms with Gasteiger partial charge < -0.3 is 21.0 Å². The first-order valence-electron chi connectivity index (χ1n) is 7.53. The molecule has 20 heavy (non-hydrogen) atoms. The average molecular weight is 285 g/mol. The van der Waals surface area contributed by atoms with Crippen LogP contribution in [0.2, 0.25) is 0 Å². The van der Waals surface area contributed by atoms with Crippen molar-refractivity contribution in [2.75, 3.05) is 13.2 Å². The Hall–Kier alpha value is -1.30. The number of hydrogen-bond donors (Lipinski definition) is 3. The molecule has 1 saturated carbocycles. The zero-order valence-electron chi connectivity index (χ0n) is 12.3. The second kappa shape index (κ2) is 9.58. The number of amidine groups is 1. The maximum atomic E-state index is 11.9. The molecule has 0 aromatic heterocycles. The summed E-state index contributed by atoms with van der Waals surface area (Å²) in [6.07, 6.45) is 6.62. The fourth-order valence-corrected chi connectivity index (χ4v) is 2.69. The highest BCUT2D eigenvalue weighted by molar-refractivity contribution is 5.90. The number of carbonyl (C=O) groups is 1. The monoisotopic (exact) mass is 285 g/mol. The van der Waals surface area contributed by atoms with E-state index in [1.54, 1.807) is 0 Å². The number of carbonyl (C=O) groups excluding carboxylic acids is 1. The smallest absolute Gasteiger partial charge is 0.220 e. The Balaban J connectivity index is 2.45. The summed E-state index contributed by atoms with van der Waals surface area (Å²) in [4.78, 5) is 11.9. The molecule has 6 nitrogen and oxygen atoms in total. The number of hydrogen-bond acceptors (Lipinski definition) is 4. The van der Waals surface area contributed by atoms with Gasteiger partial charge in [0, 0.05) is 19.6 Å². The molecule has 116 valence electrons. The number of oxime groups is 1. The van der Waals surface area contributed by atoms with Crippen LogP contribution in [0.5, 0.6) is 0 Å². The molecule has 0 aliphatic heterocycles. The van der Waals surface area contributed by atoms with Crippen molar-refractivity contribution in [3.8, 4) is 0 Å². The molecule has 1 amide bonds. The molecule has 0 aromatic rings. The normalized spacial score (nSPS) is 18.8. The average Bonchev–Trinajstić information content (AvgIpc) is 2.49. The molecule has 6 heteroatoms. The molecule has 4 N–H and O–H groups in total. The number of amides is 1. The van der Waals surface area contributed by atoms with Crippen LogP contribution in [0.1, 0.15) is 51.9 Å². The predicted molar refractivity (Wildman–Crippen MR) is 77.6 cm³/mol. The van der Waals surface area contributed by atoms with Gasteiger partial charge in [0.1, 0.15) is 0 Å². The van der Waals surface area contributed by atoms with E-state index < -0.39 is 0 Å². The summed E-state index contributed by atoms with van der Waals surface area (Å²) in [6.45, 7) is 3.18. The van der Waals surface area contributed by atoms with Crippen molar-refractivity contribution < 1.29 is 14.7 Å². The minimum Gasteiger partial charge on any atom is -0.409 e. The standard InChI is InChI=1S/C14H27N3O3/c1-2-20-10-6-9-12(18)16-13(14(15)17-19)11-7-4-3-5-8-11/h11,13,19H,2-10H2,1H3,(H2,15,17)(H,16,18). The van der Waals surface area contributed by atoms with Crippen molar-refractivity contribution in [1.29, 1.82) is 0 Å². The SMILES string of the molecule is CCOCCCC(=O)NC(C(N)=NO)C1CCCCC1.